The zero-order valence-corrected chi connectivity index (χ0v) is 14.6. The summed E-state index contributed by atoms with van der Waals surface area (Å²) in [6, 6.07) is 0. The normalized spacial score (nSPS) is 43.2. The number of rotatable bonds is 4. The van der Waals surface area contributed by atoms with Crippen LogP contribution in [0, 0.1) is 29.1 Å². The summed E-state index contributed by atoms with van der Waals surface area (Å²) < 4.78 is 0. The molecule has 0 bridgehead atoms. The number of fused-ring (bicyclic) bond motifs is 1. The van der Waals surface area contributed by atoms with Crippen LogP contribution in [0.4, 0.5) is 0 Å². The summed E-state index contributed by atoms with van der Waals surface area (Å²) in [5.74, 6) is 1.30. The molecule has 0 saturated heterocycles. The van der Waals surface area contributed by atoms with Crippen LogP contribution in [-0.2, 0) is 4.79 Å². The van der Waals surface area contributed by atoms with Gasteiger partial charge in [-0.05, 0) is 31.1 Å². The molecule has 0 radical (unpaired) electrons. The molecule has 0 spiro atoms. The van der Waals surface area contributed by atoms with Gasteiger partial charge in [-0.25, -0.2) is 0 Å². The quantitative estimate of drug-likeness (QED) is 0.780. The first-order chi connectivity index (χ1) is 10.9. The molecular weight excluding hydrogens is 288 g/mol. The molecule has 0 amide bonds. The van der Waals surface area contributed by atoms with E-state index < -0.39 is 6.10 Å². The first kappa shape index (κ1) is 17.2. The fourth-order valence-electron chi connectivity index (χ4n) is 5.58. The minimum atomic E-state index is -0.412. The lowest BCUT2D eigenvalue weighted by Gasteiger charge is -2.57. The van der Waals surface area contributed by atoms with Gasteiger partial charge in [0.15, 0.2) is 0 Å². The van der Waals surface area contributed by atoms with E-state index in [4.69, 9.17) is 0 Å². The second-order valence-corrected chi connectivity index (χ2v) is 8.47. The zero-order valence-electron chi connectivity index (χ0n) is 14.6. The maximum atomic E-state index is 12.2. The van der Waals surface area contributed by atoms with Crippen molar-refractivity contribution in [3.8, 4) is 0 Å². The molecule has 6 atom stereocenters. The smallest absolute Gasteiger partial charge is 0.142 e. The van der Waals surface area contributed by atoms with Gasteiger partial charge in [0.2, 0.25) is 0 Å². The monoisotopic (exact) mass is 320 g/mol. The van der Waals surface area contributed by atoms with E-state index in [1.165, 1.54) is 32.1 Å². The van der Waals surface area contributed by atoms with E-state index in [-0.39, 0.29) is 29.3 Å². The number of carbonyl (C=O) groups excluding carboxylic acids is 1. The largest absolute Gasteiger partial charge is 0.393 e. The summed E-state index contributed by atoms with van der Waals surface area (Å²) in [6.45, 7) is 4.05. The van der Waals surface area contributed by atoms with E-state index in [1.54, 1.807) is 0 Å². The molecule has 2 N–H and O–H groups in total. The molecular formula is C20H32O3. The highest BCUT2D eigenvalue weighted by Gasteiger charge is 2.61. The highest BCUT2D eigenvalue weighted by molar-refractivity contribution is 5.93. The molecule has 3 aliphatic carbocycles. The lowest BCUT2D eigenvalue weighted by molar-refractivity contribution is -0.170. The first-order valence-electron chi connectivity index (χ1n) is 9.52. The Kier molecular flexibility index (Phi) is 4.98. The predicted octanol–water partition coefficient (Wildman–Crippen LogP) is 3.49. The molecule has 3 saturated carbocycles. The van der Waals surface area contributed by atoms with Gasteiger partial charge >= 0.3 is 0 Å². The standard InChI is InChI=1S/C20H32O3/c1-13-18-16(17(22)10-11-20(18,2)19(13)23)9-8-15(21)12-14-6-4-3-5-7-14/h8-9,13-18,21-22H,3-7,10-12H2,1-2H3/t13?,15-,16-,17+,18+,20-/m1/s1. The summed E-state index contributed by atoms with van der Waals surface area (Å²) in [7, 11) is 0. The Morgan fingerprint density at radius 3 is 2.65 bits per heavy atom. The molecule has 3 nitrogen and oxygen atoms in total. The Morgan fingerprint density at radius 1 is 1.26 bits per heavy atom. The highest BCUT2D eigenvalue weighted by atomic mass is 16.3. The molecule has 3 aliphatic rings. The Labute approximate surface area is 140 Å². The Hall–Kier alpha value is -0.670. The van der Waals surface area contributed by atoms with Gasteiger partial charge in [0.25, 0.3) is 0 Å². The maximum Gasteiger partial charge on any atom is 0.142 e. The minimum Gasteiger partial charge on any atom is -0.393 e. The fourth-order valence-corrected chi connectivity index (χ4v) is 5.58. The second-order valence-electron chi connectivity index (χ2n) is 8.47. The summed E-state index contributed by atoms with van der Waals surface area (Å²) in [6.07, 6.45) is 11.9. The fraction of sp³-hybridized carbons (Fsp3) is 0.850. The third-order valence-corrected chi connectivity index (χ3v) is 6.92. The molecule has 3 heteroatoms. The molecule has 130 valence electrons. The molecule has 23 heavy (non-hydrogen) atoms. The molecule has 0 aromatic rings. The van der Waals surface area contributed by atoms with Gasteiger partial charge in [-0.3, -0.25) is 4.79 Å². The van der Waals surface area contributed by atoms with Crippen molar-refractivity contribution in [2.24, 2.45) is 29.1 Å². The molecule has 3 fully saturated rings. The van der Waals surface area contributed by atoms with Crippen molar-refractivity contribution in [3.05, 3.63) is 12.2 Å². The number of hydrogen-bond acceptors (Lipinski definition) is 3. The Morgan fingerprint density at radius 2 is 1.96 bits per heavy atom. The Bertz CT molecular complexity index is 466. The second kappa shape index (κ2) is 6.68. The first-order valence-corrected chi connectivity index (χ1v) is 9.52. The van der Waals surface area contributed by atoms with Crippen LogP contribution >= 0.6 is 0 Å². The van der Waals surface area contributed by atoms with Crippen molar-refractivity contribution in [2.45, 2.75) is 77.4 Å². The number of hydrogen-bond donors (Lipinski definition) is 2. The van der Waals surface area contributed by atoms with Gasteiger partial charge in [-0.2, -0.15) is 0 Å². The van der Waals surface area contributed by atoms with Crippen LogP contribution in [-0.4, -0.2) is 28.2 Å². The topological polar surface area (TPSA) is 57.5 Å². The molecule has 0 aromatic carbocycles. The van der Waals surface area contributed by atoms with Crippen molar-refractivity contribution in [2.75, 3.05) is 0 Å². The van der Waals surface area contributed by atoms with E-state index in [2.05, 4.69) is 6.92 Å². The van der Waals surface area contributed by atoms with Gasteiger partial charge < -0.3 is 10.2 Å². The number of aliphatic hydroxyl groups is 2. The average molecular weight is 320 g/mol. The summed E-state index contributed by atoms with van der Waals surface area (Å²) in [4.78, 5) is 12.2. The third kappa shape index (κ3) is 3.15. The minimum absolute atomic E-state index is 0.0162. The lowest BCUT2D eigenvalue weighted by Crippen LogP contribution is -2.62. The molecule has 1 unspecified atom stereocenters. The van der Waals surface area contributed by atoms with E-state index >= 15 is 0 Å². The Balaban J connectivity index is 1.61. The van der Waals surface area contributed by atoms with Gasteiger partial charge in [0.1, 0.15) is 5.78 Å². The lowest BCUT2D eigenvalue weighted by atomic mass is 9.45. The van der Waals surface area contributed by atoms with Crippen LogP contribution in [0.15, 0.2) is 12.2 Å². The van der Waals surface area contributed by atoms with Crippen molar-refractivity contribution < 1.29 is 15.0 Å². The van der Waals surface area contributed by atoms with Crippen LogP contribution in [0.25, 0.3) is 0 Å². The van der Waals surface area contributed by atoms with E-state index in [1.807, 2.05) is 19.1 Å². The summed E-state index contributed by atoms with van der Waals surface area (Å²) >= 11 is 0. The van der Waals surface area contributed by atoms with Crippen LogP contribution in [0.3, 0.4) is 0 Å². The average Bonchev–Trinajstić information content (AvgIpc) is 2.55. The van der Waals surface area contributed by atoms with Crippen molar-refractivity contribution >= 4 is 5.78 Å². The summed E-state index contributed by atoms with van der Waals surface area (Å²) in [5.41, 5.74) is -0.248. The number of aliphatic hydroxyl groups excluding tert-OH is 2. The zero-order chi connectivity index (χ0) is 16.6. The van der Waals surface area contributed by atoms with Crippen LogP contribution in [0.1, 0.15) is 65.2 Å². The van der Waals surface area contributed by atoms with Gasteiger partial charge in [0, 0.05) is 17.3 Å². The van der Waals surface area contributed by atoms with Crippen LogP contribution < -0.4 is 0 Å². The van der Waals surface area contributed by atoms with Crippen molar-refractivity contribution in [1.29, 1.82) is 0 Å². The van der Waals surface area contributed by atoms with E-state index in [9.17, 15) is 15.0 Å². The van der Waals surface area contributed by atoms with Crippen molar-refractivity contribution in [3.63, 3.8) is 0 Å². The van der Waals surface area contributed by atoms with Crippen LogP contribution in [0.2, 0.25) is 0 Å². The SMILES string of the molecule is CC1C(=O)[C@]2(C)CC[C@H](O)[C@@H](C=C[C@@H](O)CC3CCCCC3)[C@H]12. The predicted molar refractivity (Wildman–Crippen MR) is 90.8 cm³/mol. The number of carbonyl (C=O) groups is 1. The molecule has 0 aliphatic heterocycles. The molecule has 0 heterocycles. The number of ketones is 1. The van der Waals surface area contributed by atoms with E-state index in [0.717, 1.165) is 12.8 Å². The molecule has 0 aromatic heterocycles. The molecule has 3 rings (SSSR count). The summed E-state index contributed by atoms with van der Waals surface area (Å²) in [5, 5.41) is 20.7. The third-order valence-electron chi connectivity index (χ3n) is 6.92. The van der Waals surface area contributed by atoms with Gasteiger partial charge in [-0.15, -0.1) is 0 Å². The van der Waals surface area contributed by atoms with E-state index in [0.29, 0.717) is 18.1 Å². The van der Waals surface area contributed by atoms with Gasteiger partial charge in [0.05, 0.1) is 12.2 Å². The van der Waals surface area contributed by atoms with Crippen LogP contribution in [0.5, 0.6) is 0 Å². The van der Waals surface area contributed by atoms with Gasteiger partial charge in [-0.1, -0.05) is 58.1 Å². The van der Waals surface area contributed by atoms with Crippen molar-refractivity contribution in [1.82, 2.24) is 0 Å². The maximum absolute atomic E-state index is 12.2. The number of Topliss-reactive ketones (excluding diaryl/α,β-unsaturated/α-hetero) is 1. The highest BCUT2D eigenvalue weighted by Crippen LogP contribution is 2.58.